The SMILES string of the molecule is CC(C)(O)C1CCCC(O)C1. The lowest BCUT2D eigenvalue weighted by Crippen LogP contribution is -2.36. The molecule has 0 saturated heterocycles. The fraction of sp³-hybridized carbons (Fsp3) is 1.00. The van der Waals surface area contributed by atoms with Crippen molar-refractivity contribution in [3.63, 3.8) is 0 Å². The van der Waals surface area contributed by atoms with Gasteiger partial charge in [0.05, 0.1) is 11.7 Å². The minimum Gasteiger partial charge on any atom is -0.393 e. The first-order valence-corrected chi connectivity index (χ1v) is 4.40. The fourth-order valence-electron chi connectivity index (χ4n) is 1.81. The summed E-state index contributed by atoms with van der Waals surface area (Å²) in [5, 5.41) is 19.0. The van der Waals surface area contributed by atoms with Gasteiger partial charge in [0.25, 0.3) is 0 Å². The van der Waals surface area contributed by atoms with E-state index in [1.807, 2.05) is 13.8 Å². The Bertz CT molecular complexity index is 126. The number of hydrogen-bond acceptors (Lipinski definition) is 2. The monoisotopic (exact) mass is 158 g/mol. The Labute approximate surface area is 68.2 Å². The average Bonchev–Trinajstić information content (AvgIpc) is 1.86. The third-order valence-electron chi connectivity index (χ3n) is 2.65. The zero-order chi connectivity index (χ0) is 8.48. The van der Waals surface area contributed by atoms with E-state index in [0.29, 0.717) is 0 Å². The summed E-state index contributed by atoms with van der Waals surface area (Å²) >= 11 is 0. The van der Waals surface area contributed by atoms with Gasteiger partial charge in [0.2, 0.25) is 0 Å². The predicted octanol–water partition coefficient (Wildman–Crippen LogP) is 1.31. The molecule has 0 aromatic heterocycles. The molecular formula is C9H18O2. The Morgan fingerprint density at radius 3 is 2.27 bits per heavy atom. The molecule has 0 bridgehead atoms. The number of hydrogen-bond donors (Lipinski definition) is 2. The van der Waals surface area contributed by atoms with Crippen LogP contribution in [0.4, 0.5) is 0 Å². The molecule has 0 heterocycles. The maximum atomic E-state index is 9.65. The topological polar surface area (TPSA) is 40.5 Å². The van der Waals surface area contributed by atoms with Gasteiger partial charge in [0, 0.05) is 0 Å². The van der Waals surface area contributed by atoms with Gasteiger partial charge in [0.15, 0.2) is 0 Å². The minimum atomic E-state index is -0.610. The number of aliphatic hydroxyl groups excluding tert-OH is 1. The van der Waals surface area contributed by atoms with Crippen LogP contribution < -0.4 is 0 Å². The van der Waals surface area contributed by atoms with Gasteiger partial charge >= 0.3 is 0 Å². The summed E-state index contributed by atoms with van der Waals surface area (Å²) in [6.07, 6.45) is 3.60. The second kappa shape index (κ2) is 3.11. The van der Waals surface area contributed by atoms with E-state index < -0.39 is 5.60 Å². The van der Waals surface area contributed by atoms with Gasteiger partial charge in [-0.05, 0) is 39.0 Å². The van der Waals surface area contributed by atoms with Crippen LogP contribution in [0, 0.1) is 5.92 Å². The van der Waals surface area contributed by atoms with Crippen LogP contribution in [-0.2, 0) is 0 Å². The highest BCUT2D eigenvalue weighted by Crippen LogP contribution is 2.32. The summed E-state index contributed by atoms with van der Waals surface area (Å²) < 4.78 is 0. The van der Waals surface area contributed by atoms with Crippen LogP contribution in [0.2, 0.25) is 0 Å². The Kier molecular flexibility index (Phi) is 2.55. The molecule has 2 nitrogen and oxygen atoms in total. The van der Waals surface area contributed by atoms with Crippen LogP contribution in [0.25, 0.3) is 0 Å². The smallest absolute Gasteiger partial charge is 0.0620 e. The van der Waals surface area contributed by atoms with E-state index in [9.17, 15) is 10.2 Å². The Morgan fingerprint density at radius 1 is 1.27 bits per heavy atom. The second-order valence-corrected chi connectivity index (χ2v) is 4.17. The van der Waals surface area contributed by atoms with Crippen molar-refractivity contribution in [1.82, 2.24) is 0 Å². The third-order valence-corrected chi connectivity index (χ3v) is 2.65. The van der Waals surface area contributed by atoms with Gasteiger partial charge in [-0.25, -0.2) is 0 Å². The highest BCUT2D eigenvalue weighted by Gasteiger charge is 2.31. The number of rotatable bonds is 1. The molecular weight excluding hydrogens is 140 g/mol. The maximum Gasteiger partial charge on any atom is 0.0620 e. The summed E-state index contributed by atoms with van der Waals surface area (Å²) in [7, 11) is 0. The molecule has 2 unspecified atom stereocenters. The Balaban J connectivity index is 2.46. The van der Waals surface area contributed by atoms with Crippen LogP contribution in [0.15, 0.2) is 0 Å². The van der Waals surface area contributed by atoms with E-state index >= 15 is 0 Å². The van der Waals surface area contributed by atoms with Gasteiger partial charge in [-0.3, -0.25) is 0 Å². The van der Waals surface area contributed by atoms with Crippen molar-refractivity contribution < 1.29 is 10.2 Å². The zero-order valence-electron chi connectivity index (χ0n) is 7.38. The summed E-state index contributed by atoms with van der Waals surface area (Å²) in [5.74, 6) is 0.284. The van der Waals surface area contributed by atoms with Crippen molar-refractivity contribution in [2.45, 2.75) is 51.2 Å². The van der Waals surface area contributed by atoms with E-state index in [4.69, 9.17) is 0 Å². The average molecular weight is 158 g/mol. The second-order valence-electron chi connectivity index (χ2n) is 4.17. The van der Waals surface area contributed by atoms with Gasteiger partial charge in [-0.15, -0.1) is 0 Å². The molecule has 0 radical (unpaired) electrons. The molecule has 1 fully saturated rings. The van der Waals surface area contributed by atoms with E-state index in [-0.39, 0.29) is 12.0 Å². The van der Waals surface area contributed by atoms with Crippen LogP contribution >= 0.6 is 0 Å². The number of aliphatic hydroxyl groups is 2. The molecule has 1 rings (SSSR count). The molecule has 0 spiro atoms. The van der Waals surface area contributed by atoms with Crippen LogP contribution in [-0.4, -0.2) is 21.9 Å². The van der Waals surface area contributed by atoms with Crippen molar-refractivity contribution in [3.8, 4) is 0 Å². The summed E-state index contributed by atoms with van der Waals surface area (Å²) in [6, 6.07) is 0. The first kappa shape index (κ1) is 9.01. The molecule has 11 heavy (non-hydrogen) atoms. The van der Waals surface area contributed by atoms with Crippen molar-refractivity contribution in [2.75, 3.05) is 0 Å². The first-order valence-electron chi connectivity index (χ1n) is 4.40. The predicted molar refractivity (Wildman–Crippen MR) is 44.3 cm³/mol. The molecule has 0 amide bonds. The lowest BCUT2D eigenvalue weighted by atomic mass is 9.78. The largest absolute Gasteiger partial charge is 0.393 e. The molecule has 66 valence electrons. The third kappa shape index (κ3) is 2.46. The molecule has 2 atom stereocenters. The Hall–Kier alpha value is -0.0800. The maximum absolute atomic E-state index is 9.65. The van der Waals surface area contributed by atoms with Crippen molar-refractivity contribution in [1.29, 1.82) is 0 Å². The van der Waals surface area contributed by atoms with E-state index in [1.54, 1.807) is 0 Å². The minimum absolute atomic E-state index is 0.180. The summed E-state index contributed by atoms with van der Waals surface area (Å²) in [5.41, 5.74) is -0.610. The molecule has 2 heteroatoms. The van der Waals surface area contributed by atoms with E-state index in [2.05, 4.69) is 0 Å². The molecule has 0 aromatic carbocycles. The van der Waals surface area contributed by atoms with Gasteiger partial charge in [0.1, 0.15) is 0 Å². The van der Waals surface area contributed by atoms with Gasteiger partial charge < -0.3 is 10.2 Å². The van der Waals surface area contributed by atoms with Crippen molar-refractivity contribution in [3.05, 3.63) is 0 Å². The summed E-state index contributed by atoms with van der Waals surface area (Å²) in [4.78, 5) is 0. The lowest BCUT2D eigenvalue weighted by Gasteiger charge is -2.34. The van der Waals surface area contributed by atoms with Crippen LogP contribution in [0.5, 0.6) is 0 Å². The van der Waals surface area contributed by atoms with Gasteiger partial charge in [-0.2, -0.15) is 0 Å². The molecule has 2 N–H and O–H groups in total. The molecule has 1 aliphatic carbocycles. The molecule has 0 aromatic rings. The normalized spacial score (nSPS) is 33.8. The summed E-state index contributed by atoms with van der Waals surface area (Å²) in [6.45, 7) is 3.66. The molecule has 1 aliphatic rings. The zero-order valence-corrected chi connectivity index (χ0v) is 7.38. The fourth-order valence-corrected chi connectivity index (χ4v) is 1.81. The molecule has 1 saturated carbocycles. The van der Waals surface area contributed by atoms with Crippen LogP contribution in [0.1, 0.15) is 39.5 Å². The van der Waals surface area contributed by atoms with E-state index in [1.165, 1.54) is 0 Å². The highest BCUT2D eigenvalue weighted by molar-refractivity contribution is 4.83. The quantitative estimate of drug-likeness (QED) is 0.604. The van der Waals surface area contributed by atoms with E-state index in [0.717, 1.165) is 25.7 Å². The first-order chi connectivity index (χ1) is 5.00. The van der Waals surface area contributed by atoms with Crippen molar-refractivity contribution >= 4 is 0 Å². The lowest BCUT2D eigenvalue weighted by molar-refractivity contribution is -0.0283. The highest BCUT2D eigenvalue weighted by atomic mass is 16.3. The molecule has 0 aliphatic heterocycles. The van der Waals surface area contributed by atoms with Crippen molar-refractivity contribution in [2.24, 2.45) is 5.92 Å². The standard InChI is InChI=1S/C9H18O2/c1-9(2,11)7-4-3-5-8(10)6-7/h7-8,10-11H,3-6H2,1-2H3. The van der Waals surface area contributed by atoms with Gasteiger partial charge in [-0.1, -0.05) is 6.42 Å². The van der Waals surface area contributed by atoms with Crippen LogP contribution in [0.3, 0.4) is 0 Å². The Morgan fingerprint density at radius 2 is 1.91 bits per heavy atom.